The molecule has 0 amide bonds. The predicted octanol–water partition coefficient (Wildman–Crippen LogP) is 1.26. The Morgan fingerprint density at radius 2 is 2.08 bits per heavy atom. The third-order valence-electron chi connectivity index (χ3n) is 3.70. The molecule has 0 unspecified atom stereocenters. The first kappa shape index (κ1) is 18.0. The lowest BCUT2D eigenvalue weighted by Gasteiger charge is -2.11. The zero-order valence-electron chi connectivity index (χ0n) is 15.1. The molecule has 0 aromatic carbocycles. The number of aromatic nitrogens is 5. The van der Waals surface area contributed by atoms with Crippen LogP contribution in [0.25, 0.3) is 0 Å². The number of nitrogens with zero attached hydrogens (tertiary/aromatic N) is 6. The van der Waals surface area contributed by atoms with E-state index in [4.69, 9.17) is 0 Å². The Hall–Kier alpha value is -2.38. The summed E-state index contributed by atoms with van der Waals surface area (Å²) in [4.78, 5) is 4.58. The van der Waals surface area contributed by atoms with Crippen molar-refractivity contribution in [1.29, 1.82) is 0 Å². The minimum Gasteiger partial charge on any atom is -0.357 e. The summed E-state index contributed by atoms with van der Waals surface area (Å²) >= 11 is 0. The molecular weight excluding hydrogens is 304 g/mol. The van der Waals surface area contributed by atoms with Crippen LogP contribution in [0.4, 0.5) is 0 Å². The molecule has 2 rings (SSSR count). The maximum atomic E-state index is 4.58. The Bertz CT molecular complexity index is 655. The van der Waals surface area contributed by atoms with E-state index < -0.39 is 0 Å². The van der Waals surface area contributed by atoms with Crippen LogP contribution in [0.1, 0.15) is 37.5 Å². The highest BCUT2D eigenvalue weighted by molar-refractivity contribution is 5.79. The molecule has 24 heavy (non-hydrogen) atoms. The molecule has 8 nitrogen and oxygen atoms in total. The van der Waals surface area contributed by atoms with Crippen molar-refractivity contribution in [3.8, 4) is 0 Å². The van der Waals surface area contributed by atoms with E-state index >= 15 is 0 Å². The lowest BCUT2D eigenvalue weighted by Crippen LogP contribution is -2.38. The highest BCUT2D eigenvalue weighted by Gasteiger charge is 2.04. The molecule has 0 atom stereocenters. The topological polar surface area (TPSA) is 85.0 Å². The number of guanidine groups is 1. The molecule has 2 heterocycles. The zero-order valence-corrected chi connectivity index (χ0v) is 15.1. The fourth-order valence-corrected chi connectivity index (χ4v) is 2.49. The normalized spacial score (nSPS) is 11.8. The number of aliphatic imine (C=N–C) groups is 1. The smallest absolute Gasteiger partial charge is 0.191 e. The highest BCUT2D eigenvalue weighted by Crippen LogP contribution is 2.02. The second kappa shape index (κ2) is 9.05. The molecule has 132 valence electrons. The van der Waals surface area contributed by atoms with Gasteiger partial charge in [-0.3, -0.25) is 4.68 Å². The summed E-state index contributed by atoms with van der Waals surface area (Å²) in [5.41, 5.74) is 2.27. The molecule has 0 bridgehead atoms. The van der Waals surface area contributed by atoms with Crippen LogP contribution >= 0.6 is 0 Å². The Kier molecular flexibility index (Phi) is 6.77. The van der Waals surface area contributed by atoms with Gasteiger partial charge in [0.1, 0.15) is 12.9 Å². The Morgan fingerprint density at radius 3 is 2.75 bits per heavy atom. The summed E-state index contributed by atoms with van der Waals surface area (Å²) in [7, 11) is 0. The number of rotatable bonds is 8. The van der Waals surface area contributed by atoms with Gasteiger partial charge in [0.15, 0.2) is 11.8 Å². The number of aryl methyl sites for hydroxylation is 4. The van der Waals surface area contributed by atoms with E-state index in [-0.39, 0.29) is 0 Å². The van der Waals surface area contributed by atoms with E-state index in [9.17, 15) is 0 Å². The molecular formula is C16H28N8. The van der Waals surface area contributed by atoms with Crippen LogP contribution in [0.15, 0.2) is 17.4 Å². The van der Waals surface area contributed by atoms with E-state index in [1.54, 1.807) is 6.33 Å². The maximum Gasteiger partial charge on any atom is 0.191 e. The van der Waals surface area contributed by atoms with Crippen molar-refractivity contribution in [2.45, 2.75) is 53.8 Å². The Morgan fingerprint density at radius 1 is 1.25 bits per heavy atom. The highest BCUT2D eigenvalue weighted by atomic mass is 15.3. The average Bonchev–Trinajstić information content (AvgIpc) is 3.14. The van der Waals surface area contributed by atoms with Crippen LogP contribution in [-0.4, -0.2) is 43.6 Å². The third-order valence-corrected chi connectivity index (χ3v) is 3.70. The van der Waals surface area contributed by atoms with Gasteiger partial charge in [-0.1, -0.05) is 0 Å². The summed E-state index contributed by atoms with van der Waals surface area (Å²) in [6.45, 7) is 12.2. The van der Waals surface area contributed by atoms with Gasteiger partial charge in [0.05, 0.1) is 5.69 Å². The van der Waals surface area contributed by atoms with E-state index in [1.165, 1.54) is 5.69 Å². The summed E-state index contributed by atoms with van der Waals surface area (Å²) in [6, 6.07) is 2.10. The molecule has 0 saturated heterocycles. The van der Waals surface area contributed by atoms with Crippen molar-refractivity contribution in [3.05, 3.63) is 29.6 Å². The molecule has 8 heteroatoms. The second-order valence-corrected chi connectivity index (χ2v) is 5.66. The van der Waals surface area contributed by atoms with E-state index in [2.05, 4.69) is 57.8 Å². The monoisotopic (exact) mass is 332 g/mol. The summed E-state index contributed by atoms with van der Waals surface area (Å²) in [6.07, 6.45) is 2.72. The quantitative estimate of drug-likeness (QED) is 0.432. The van der Waals surface area contributed by atoms with Crippen molar-refractivity contribution >= 4 is 5.96 Å². The SMILES string of the molecule is CCNC(=NCc1nncn1CC)NCCCn1nc(C)cc1C. The van der Waals surface area contributed by atoms with Gasteiger partial charge >= 0.3 is 0 Å². The van der Waals surface area contributed by atoms with Crippen molar-refractivity contribution in [2.75, 3.05) is 13.1 Å². The van der Waals surface area contributed by atoms with Gasteiger partial charge in [0.2, 0.25) is 0 Å². The molecule has 0 spiro atoms. The van der Waals surface area contributed by atoms with Gasteiger partial charge in [-0.05, 0) is 40.2 Å². The van der Waals surface area contributed by atoms with Gasteiger partial charge in [-0.15, -0.1) is 10.2 Å². The molecule has 2 aromatic rings. The van der Waals surface area contributed by atoms with Gasteiger partial charge in [0.25, 0.3) is 0 Å². The van der Waals surface area contributed by atoms with Crippen molar-refractivity contribution in [1.82, 2.24) is 35.2 Å². The minimum absolute atomic E-state index is 0.515. The Balaban J connectivity index is 1.82. The first-order valence-electron chi connectivity index (χ1n) is 8.54. The minimum atomic E-state index is 0.515. The third kappa shape index (κ3) is 5.07. The van der Waals surface area contributed by atoms with Crippen molar-refractivity contribution in [2.24, 2.45) is 4.99 Å². The van der Waals surface area contributed by atoms with Crippen LogP contribution in [-0.2, 0) is 19.6 Å². The van der Waals surface area contributed by atoms with Gasteiger partial charge < -0.3 is 15.2 Å². The fraction of sp³-hybridized carbons (Fsp3) is 0.625. The molecule has 0 aliphatic heterocycles. The van der Waals surface area contributed by atoms with Gasteiger partial charge in [0, 0.05) is 31.9 Å². The predicted molar refractivity (Wildman–Crippen MR) is 94.8 cm³/mol. The van der Waals surface area contributed by atoms with E-state index in [1.807, 2.05) is 16.2 Å². The largest absolute Gasteiger partial charge is 0.357 e. The van der Waals surface area contributed by atoms with E-state index in [0.717, 1.165) is 50.1 Å². The molecule has 2 N–H and O–H groups in total. The first-order chi connectivity index (χ1) is 11.6. The molecule has 0 radical (unpaired) electrons. The maximum absolute atomic E-state index is 4.58. The molecule has 0 fully saturated rings. The lowest BCUT2D eigenvalue weighted by molar-refractivity contribution is 0.555. The number of nitrogens with one attached hydrogen (secondary N) is 2. The summed E-state index contributed by atoms with van der Waals surface area (Å²) < 4.78 is 4.04. The van der Waals surface area contributed by atoms with Crippen LogP contribution in [0.5, 0.6) is 0 Å². The van der Waals surface area contributed by atoms with E-state index in [0.29, 0.717) is 6.54 Å². The van der Waals surface area contributed by atoms with Gasteiger partial charge in [-0.2, -0.15) is 5.10 Å². The number of hydrogen-bond donors (Lipinski definition) is 2. The second-order valence-electron chi connectivity index (χ2n) is 5.66. The summed E-state index contributed by atoms with van der Waals surface area (Å²) in [5, 5.41) is 19.1. The fourth-order valence-electron chi connectivity index (χ4n) is 2.49. The molecule has 0 aliphatic carbocycles. The average molecular weight is 332 g/mol. The van der Waals surface area contributed by atoms with Crippen LogP contribution in [0.2, 0.25) is 0 Å². The van der Waals surface area contributed by atoms with Crippen LogP contribution in [0, 0.1) is 13.8 Å². The van der Waals surface area contributed by atoms with Crippen LogP contribution < -0.4 is 10.6 Å². The zero-order chi connectivity index (χ0) is 17.4. The lowest BCUT2D eigenvalue weighted by atomic mass is 10.4. The Labute approximate surface area is 143 Å². The van der Waals surface area contributed by atoms with Gasteiger partial charge in [-0.25, -0.2) is 4.99 Å². The summed E-state index contributed by atoms with van der Waals surface area (Å²) in [5.74, 6) is 1.67. The first-order valence-corrected chi connectivity index (χ1v) is 8.54. The molecule has 0 aliphatic rings. The standard InChI is InChI=1S/C16H28N8/c1-5-17-16(19-11-15-21-20-12-23(15)6-2)18-8-7-9-24-14(4)10-13(3)22-24/h10,12H,5-9,11H2,1-4H3,(H2,17,18,19). The van der Waals surface area contributed by atoms with Crippen molar-refractivity contribution < 1.29 is 0 Å². The number of hydrogen-bond acceptors (Lipinski definition) is 4. The molecule has 2 aromatic heterocycles. The van der Waals surface area contributed by atoms with Crippen LogP contribution in [0.3, 0.4) is 0 Å². The molecule has 0 saturated carbocycles. The van der Waals surface area contributed by atoms with Crippen molar-refractivity contribution in [3.63, 3.8) is 0 Å².